The van der Waals surface area contributed by atoms with E-state index in [4.69, 9.17) is 9.47 Å². The van der Waals surface area contributed by atoms with Gasteiger partial charge in [0, 0.05) is 20.4 Å². The van der Waals surface area contributed by atoms with Crippen LogP contribution < -0.4 is 4.74 Å². The Kier molecular flexibility index (Phi) is 7.90. The lowest BCUT2D eigenvalue weighted by molar-refractivity contribution is -0.145. The van der Waals surface area contributed by atoms with E-state index in [0.29, 0.717) is 12.4 Å². The fourth-order valence-electron chi connectivity index (χ4n) is 2.99. The molecule has 0 radical (unpaired) electrons. The summed E-state index contributed by atoms with van der Waals surface area (Å²) in [7, 11) is 0. The molecule has 0 aliphatic rings. The van der Waals surface area contributed by atoms with Crippen molar-refractivity contribution in [2.45, 2.75) is 37.6 Å². The number of carbonyl (C=O) groups excluding carboxylic acids is 1. The van der Waals surface area contributed by atoms with Crippen LogP contribution in [0.5, 0.6) is 5.75 Å². The van der Waals surface area contributed by atoms with Crippen molar-refractivity contribution in [3.63, 3.8) is 0 Å². The maximum Gasteiger partial charge on any atom is 0.416 e. The Morgan fingerprint density at radius 1 is 1.03 bits per heavy atom. The highest BCUT2D eigenvalue weighted by molar-refractivity contribution is 7.98. The van der Waals surface area contributed by atoms with Gasteiger partial charge in [-0.1, -0.05) is 12.1 Å². The molecule has 0 aliphatic carbocycles. The number of halogens is 3. The number of ether oxygens (including phenoxy) is 2. The lowest BCUT2D eigenvalue weighted by Gasteiger charge is -2.10. The number of alkyl halides is 3. The first-order chi connectivity index (χ1) is 15.2. The van der Waals surface area contributed by atoms with Crippen LogP contribution in [0, 0.1) is 13.8 Å². The number of carbonyl (C=O) groups is 1. The second-order valence-electron chi connectivity index (χ2n) is 7.10. The van der Waals surface area contributed by atoms with Gasteiger partial charge in [0.15, 0.2) is 6.61 Å². The third kappa shape index (κ3) is 6.29. The van der Waals surface area contributed by atoms with Crippen molar-refractivity contribution in [1.29, 1.82) is 0 Å². The molecular formula is C24H23F3O3S2. The van der Waals surface area contributed by atoms with Crippen LogP contribution in [0.2, 0.25) is 0 Å². The molecule has 0 unspecified atom stereocenters. The smallest absolute Gasteiger partial charge is 0.416 e. The molecule has 0 spiro atoms. The SMILES string of the molecule is CCOC(=O)COc1ccc(SCc2sc(-c3ccc(C(F)(F)F)cc3)cc2C)cc1C. The first-order valence-corrected chi connectivity index (χ1v) is 11.8. The summed E-state index contributed by atoms with van der Waals surface area (Å²) in [5.74, 6) is 0.987. The van der Waals surface area contributed by atoms with Gasteiger partial charge in [-0.25, -0.2) is 4.79 Å². The van der Waals surface area contributed by atoms with Crippen LogP contribution in [0.15, 0.2) is 53.4 Å². The Morgan fingerprint density at radius 3 is 2.38 bits per heavy atom. The highest BCUT2D eigenvalue weighted by atomic mass is 32.2. The van der Waals surface area contributed by atoms with Crippen molar-refractivity contribution in [3.8, 4) is 16.2 Å². The highest BCUT2D eigenvalue weighted by Crippen LogP contribution is 2.37. The molecule has 0 saturated heterocycles. The normalized spacial score (nSPS) is 11.4. The first-order valence-electron chi connectivity index (χ1n) is 9.96. The maximum atomic E-state index is 12.8. The number of hydrogen-bond acceptors (Lipinski definition) is 5. The molecule has 1 heterocycles. The zero-order chi connectivity index (χ0) is 23.3. The maximum absolute atomic E-state index is 12.8. The fourth-order valence-corrected chi connectivity index (χ4v) is 5.33. The minimum atomic E-state index is -4.33. The second kappa shape index (κ2) is 10.4. The van der Waals surface area contributed by atoms with Crippen molar-refractivity contribution in [2.24, 2.45) is 0 Å². The van der Waals surface area contributed by atoms with Gasteiger partial charge in [0.2, 0.25) is 0 Å². The van der Waals surface area contributed by atoms with Crippen LogP contribution in [-0.2, 0) is 21.5 Å². The van der Waals surface area contributed by atoms with Crippen molar-refractivity contribution in [1.82, 2.24) is 0 Å². The van der Waals surface area contributed by atoms with Gasteiger partial charge in [-0.15, -0.1) is 23.1 Å². The first kappa shape index (κ1) is 24.2. The molecule has 170 valence electrons. The zero-order valence-corrected chi connectivity index (χ0v) is 19.5. The summed E-state index contributed by atoms with van der Waals surface area (Å²) in [4.78, 5) is 14.6. The van der Waals surface area contributed by atoms with Crippen LogP contribution in [0.25, 0.3) is 10.4 Å². The molecule has 0 aliphatic heterocycles. The molecule has 2 aromatic carbocycles. The van der Waals surface area contributed by atoms with Gasteiger partial charge in [-0.05, 0) is 73.9 Å². The number of esters is 1. The molecular weight excluding hydrogens is 457 g/mol. The fraction of sp³-hybridized carbons (Fsp3) is 0.292. The third-order valence-electron chi connectivity index (χ3n) is 4.68. The molecule has 1 aromatic heterocycles. The van der Waals surface area contributed by atoms with E-state index in [1.807, 2.05) is 38.1 Å². The summed E-state index contributed by atoms with van der Waals surface area (Å²) in [5.41, 5.74) is 2.17. The number of rotatable bonds is 8. The monoisotopic (exact) mass is 480 g/mol. The van der Waals surface area contributed by atoms with E-state index in [1.54, 1.807) is 30.0 Å². The Hall–Kier alpha value is -2.45. The average molecular weight is 481 g/mol. The van der Waals surface area contributed by atoms with E-state index in [0.717, 1.165) is 44.3 Å². The van der Waals surface area contributed by atoms with E-state index >= 15 is 0 Å². The molecule has 3 rings (SSSR count). The molecule has 0 N–H and O–H groups in total. The average Bonchev–Trinajstić information content (AvgIpc) is 3.12. The Bertz CT molecular complexity index is 1070. The van der Waals surface area contributed by atoms with Gasteiger partial charge in [-0.3, -0.25) is 0 Å². The summed E-state index contributed by atoms with van der Waals surface area (Å²) in [5, 5.41) is 0. The predicted octanol–water partition coefficient (Wildman–Crippen LogP) is 7.28. The number of benzene rings is 2. The van der Waals surface area contributed by atoms with Crippen molar-refractivity contribution in [3.05, 3.63) is 70.1 Å². The van der Waals surface area contributed by atoms with E-state index in [1.165, 1.54) is 17.0 Å². The Morgan fingerprint density at radius 2 is 1.75 bits per heavy atom. The molecule has 32 heavy (non-hydrogen) atoms. The summed E-state index contributed by atoms with van der Waals surface area (Å²) < 4.78 is 48.7. The van der Waals surface area contributed by atoms with Crippen LogP contribution in [0.1, 0.15) is 28.5 Å². The summed E-state index contributed by atoms with van der Waals surface area (Å²) >= 11 is 3.26. The second-order valence-corrected chi connectivity index (χ2v) is 9.29. The van der Waals surface area contributed by atoms with E-state index in [-0.39, 0.29) is 6.61 Å². The van der Waals surface area contributed by atoms with Gasteiger partial charge in [-0.2, -0.15) is 13.2 Å². The Labute approximate surface area is 193 Å². The van der Waals surface area contributed by atoms with Gasteiger partial charge < -0.3 is 9.47 Å². The summed E-state index contributed by atoms with van der Waals surface area (Å²) in [6.07, 6.45) is -4.33. The molecule has 3 aromatic rings. The number of hydrogen-bond donors (Lipinski definition) is 0. The quantitative estimate of drug-likeness (QED) is 0.251. The van der Waals surface area contributed by atoms with Gasteiger partial charge in [0.25, 0.3) is 0 Å². The zero-order valence-electron chi connectivity index (χ0n) is 17.9. The minimum Gasteiger partial charge on any atom is -0.482 e. The van der Waals surface area contributed by atoms with E-state index in [9.17, 15) is 18.0 Å². The molecule has 0 atom stereocenters. The van der Waals surface area contributed by atoms with E-state index in [2.05, 4.69) is 0 Å². The highest BCUT2D eigenvalue weighted by Gasteiger charge is 2.30. The number of aryl methyl sites for hydroxylation is 2. The molecule has 8 heteroatoms. The predicted molar refractivity (Wildman–Crippen MR) is 122 cm³/mol. The number of thioether (sulfide) groups is 1. The minimum absolute atomic E-state index is 0.123. The number of thiophene rings is 1. The molecule has 0 bridgehead atoms. The van der Waals surface area contributed by atoms with Crippen molar-refractivity contribution < 1.29 is 27.4 Å². The Balaban J connectivity index is 1.63. The van der Waals surface area contributed by atoms with Gasteiger partial charge in [0.05, 0.1) is 12.2 Å². The largest absolute Gasteiger partial charge is 0.482 e. The molecule has 3 nitrogen and oxygen atoms in total. The van der Waals surface area contributed by atoms with Crippen LogP contribution >= 0.6 is 23.1 Å². The molecule has 0 amide bonds. The van der Waals surface area contributed by atoms with Crippen LogP contribution in [0.3, 0.4) is 0 Å². The van der Waals surface area contributed by atoms with Crippen molar-refractivity contribution >= 4 is 29.1 Å². The molecule has 0 saturated carbocycles. The molecule has 0 fully saturated rings. The lowest BCUT2D eigenvalue weighted by Crippen LogP contribution is -2.14. The summed E-state index contributed by atoms with van der Waals surface area (Å²) in [6, 6.07) is 13.1. The van der Waals surface area contributed by atoms with Gasteiger partial charge in [0.1, 0.15) is 5.75 Å². The van der Waals surface area contributed by atoms with Crippen molar-refractivity contribution in [2.75, 3.05) is 13.2 Å². The standard InChI is InChI=1S/C24H23F3O3S2/c1-4-29-23(28)13-30-20-10-9-19(11-15(20)2)31-14-22-16(3)12-21(32-22)17-5-7-18(8-6-17)24(25,26)27/h5-12H,4,13-14H2,1-3H3. The third-order valence-corrected chi connectivity index (χ3v) is 7.17. The van der Waals surface area contributed by atoms with Crippen LogP contribution in [-0.4, -0.2) is 19.2 Å². The van der Waals surface area contributed by atoms with Crippen LogP contribution in [0.4, 0.5) is 13.2 Å². The van der Waals surface area contributed by atoms with Gasteiger partial charge >= 0.3 is 12.1 Å². The summed E-state index contributed by atoms with van der Waals surface area (Å²) in [6.45, 7) is 5.87. The lowest BCUT2D eigenvalue weighted by atomic mass is 10.1. The topological polar surface area (TPSA) is 35.5 Å². The van der Waals surface area contributed by atoms with E-state index < -0.39 is 17.7 Å².